The van der Waals surface area contributed by atoms with Crippen LogP contribution in [0.15, 0.2) is 36.7 Å². The maximum atomic E-state index is 11.9. The first-order valence-corrected chi connectivity index (χ1v) is 5.79. The Morgan fingerprint density at radius 2 is 2.25 bits per heavy atom. The monoisotopic (exact) mass is 275 g/mol. The molecule has 1 aromatic carbocycles. The van der Waals surface area contributed by atoms with E-state index in [2.05, 4.69) is 10.4 Å². The number of carboxylic acids is 1. The third-order valence-corrected chi connectivity index (χ3v) is 2.42. The van der Waals surface area contributed by atoms with Gasteiger partial charge in [-0.25, -0.2) is 4.79 Å². The summed E-state index contributed by atoms with van der Waals surface area (Å²) < 4.78 is 6.56. The first kappa shape index (κ1) is 13.6. The van der Waals surface area contributed by atoms with Crippen molar-refractivity contribution in [1.29, 1.82) is 0 Å². The van der Waals surface area contributed by atoms with Crippen LogP contribution in [0.3, 0.4) is 0 Å². The van der Waals surface area contributed by atoms with Crippen molar-refractivity contribution in [2.45, 2.75) is 0 Å². The fourth-order valence-corrected chi connectivity index (χ4v) is 1.55. The Morgan fingerprint density at radius 1 is 1.45 bits per heavy atom. The number of anilines is 1. The van der Waals surface area contributed by atoms with E-state index in [1.165, 1.54) is 10.9 Å². The van der Waals surface area contributed by atoms with E-state index in [-0.39, 0.29) is 5.91 Å². The summed E-state index contributed by atoms with van der Waals surface area (Å²) in [5.74, 6) is -0.986. The highest BCUT2D eigenvalue weighted by Gasteiger charge is 2.08. The van der Waals surface area contributed by atoms with E-state index < -0.39 is 12.6 Å². The summed E-state index contributed by atoms with van der Waals surface area (Å²) in [6.45, 7) is -0.431. The number of carboxylic acid groups (broad SMARTS) is 1. The van der Waals surface area contributed by atoms with E-state index in [9.17, 15) is 9.59 Å². The molecular formula is C13H13N3O4. The molecule has 0 radical (unpaired) electrons. The van der Waals surface area contributed by atoms with Gasteiger partial charge < -0.3 is 15.2 Å². The molecule has 0 fully saturated rings. The highest BCUT2D eigenvalue weighted by molar-refractivity contribution is 6.04. The largest absolute Gasteiger partial charge is 0.482 e. The van der Waals surface area contributed by atoms with Crippen LogP contribution in [0.5, 0.6) is 5.75 Å². The van der Waals surface area contributed by atoms with Gasteiger partial charge >= 0.3 is 5.97 Å². The van der Waals surface area contributed by atoms with Crippen molar-refractivity contribution in [1.82, 2.24) is 9.78 Å². The number of amides is 1. The molecule has 0 aliphatic heterocycles. The molecular weight excluding hydrogens is 262 g/mol. The minimum Gasteiger partial charge on any atom is -0.482 e. The third kappa shape index (κ3) is 3.58. The summed E-state index contributed by atoms with van der Waals surface area (Å²) in [4.78, 5) is 22.3. The number of nitrogens with zero attached hydrogens (tertiary/aromatic N) is 2. The molecule has 2 aromatic rings. The fourth-order valence-electron chi connectivity index (χ4n) is 1.55. The third-order valence-electron chi connectivity index (χ3n) is 2.42. The summed E-state index contributed by atoms with van der Waals surface area (Å²) in [5, 5.41) is 15.1. The SMILES string of the molecule is Cn1cc(C(=O)Nc2cccc(OCC(=O)O)c2)cn1. The van der Waals surface area contributed by atoms with Crippen molar-refractivity contribution in [2.75, 3.05) is 11.9 Å². The minimum atomic E-state index is -1.06. The lowest BCUT2D eigenvalue weighted by atomic mass is 10.2. The van der Waals surface area contributed by atoms with E-state index in [4.69, 9.17) is 9.84 Å². The van der Waals surface area contributed by atoms with Gasteiger partial charge in [0.05, 0.1) is 11.8 Å². The number of ether oxygens (including phenoxy) is 1. The molecule has 0 aliphatic rings. The second kappa shape index (κ2) is 5.87. The van der Waals surface area contributed by atoms with Crippen molar-refractivity contribution < 1.29 is 19.4 Å². The van der Waals surface area contributed by atoms with Crippen LogP contribution in [0.2, 0.25) is 0 Å². The highest BCUT2D eigenvalue weighted by atomic mass is 16.5. The molecule has 0 saturated heterocycles. The van der Waals surface area contributed by atoms with Crippen LogP contribution in [0.25, 0.3) is 0 Å². The normalized spacial score (nSPS) is 10.1. The molecule has 1 aromatic heterocycles. The van der Waals surface area contributed by atoms with Crippen molar-refractivity contribution in [3.63, 3.8) is 0 Å². The number of aryl methyl sites for hydroxylation is 1. The van der Waals surface area contributed by atoms with Crippen molar-refractivity contribution in [3.8, 4) is 5.75 Å². The van der Waals surface area contributed by atoms with Crippen LogP contribution in [-0.4, -0.2) is 33.4 Å². The van der Waals surface area contributed by atoms with Gasteiger partial charge in [-0.05, 0) is 12.1 Å². The van der Waals surface area contributed by atoms with E-state index >= 15 is 0 Å². The second-order valence-electron chi connectivity index (χ2n) is 4.07. The lowest BCUT2D eigenvalue weighted by molar-refractivity contribution is -0.139. The van der Waals surface area contributed by atoms with Gasteiger partial charge in [0.1, 0.15) is 5.75 Å². The standard InChI is InChI=1S/C13H13N3O4/c1-16-7-9(6-14-16)13(19)15-10-3-2-4-11(5-10)20-8-12(17)18/h2-7H,8H2,1H3,(H,15,19)(H,17,18). The number of hydrogen-bond acceptors (Lipinski definition) is 4. The molecule has 1 amide bonds. The minimum absolute atomic E-state index is 0.298. The number of rotatable bonds is 5. The zero-order valence-electron chi connectivity index (χ0n) is 10.7. The molecule has 7 nitrogen and oxygen atoms in total. The lowest BCUT2D eigenvalue weighted by Crippen LogP contribution is -2.12. The molecule has 104 valence electrons. The number of carbonyl (C=O) groups is 2. The van der Waals surface area contributed by atoms with Crippen LogP contribution in [0.1, 0.15) is 10.4 Å². The summed E-state index contributed by atoms with van der Waals surface area (Å²) in [5.41, 5.74) is 0.950. The van der Waals surface area contributed by atoms with Gasteiger partial charge in [0.2, 0.25) is 0 Å². The molecule has 7 heteroatoms. The number of benzene rings is 1. The smallest absolute Gasteiger partial charge is 0.341 e. The first-order valence-electron chi connectivity index (χ1n) is 5.79. The number of aromatic nitrogens is 2. The van der Waals surface area contributed by atoms with Crippen LogP contribution in [-0.2, 0) is 11.8 Å². The highest BCUT2D eigenvalue weighted by Crippen LogP contribution is 2.18. The summed E-state index contributed by atoms with van der Waals surface area (Å²) >= 11 is 0. The van der Waals surface area contributed by atoms with E-state index in [0.717, 1.165) is 0 Å². The molecule has 0 spiro atoms. The van der Waals surface area contributed by atoms with Gasteiger partial charge in [0.15, 0.2) is 6.61 Å². The van der Waals surface area contributed by atoms with Gasteiger partial charge in [0, 0.05) is 25.0 Å². The van der Waals surface area contributed by atoms with E-state index in [0.29, 0.717) is 17.0 Å². The topological polar surface area (TPSA) is 93.5 Å². The Bertz CT molecular complexity index is 636. The predicted octanol–water partition coefficient (Wildman–Crippen LogP) is 1.14. The van der Waals surface area contributed by atoms with Gasteiger partial charge in [-0.1, -0.05) is 6.07 Å². The van der Waals surface area contributed by atoms with Crippen LogP contribution >= 0.6 is 0 Å². The summed E-state index contributed by atoms with van der Waals surface area (Å²) in [6.07, 6.45) is 3.06. The molecule has 20 heavy (non-hydrogen) atoms. The predicted molar refractivity (Wildman–Crippen MR) is 70.7 cm³/mol. The molecule has 1 heterocycles. The van der Waals surface area contributed by atoms with Crippen LogP contribution in [0.4, 0.5) is 5.69 Å². The number of carbonyl (C=O) groups excluding carboxylic acids is 1. The second-order valence-corrected chi connectivity index (χ2v) is 4.07. The lowest BCUT2D eigenvalue weighted by Gasteiger charge is -2.07. The average molecular weight is 275 g/mol. The first-order chi connectivity index (χ1) is 9.54. The average Bonchev–Trinajstić information content (AvgIpc) is 2.84. The van der Waals surface area contributed by atoms with Crippen LogP contribution < -0.4 is 10.1 Å². The Kier molecular flexibility index (Phi) is 3.99. The van der Waals surface area contributed by atoms with Crippen molar-refractivity contribution in [2.24, 2.45) is 7.05 Å². The van der Waals surface area contributed by atoms with Gasteiger partial charge in [-0.15, -0.1) is 0 Å². The Morgan fingerprint density at radius 3 is 2.90 bits per heavy atom. The van der Waals surface area contributed by atoms with Gasteiger partial charge in [-0.2, -0.15) is 5.10 Å². The maximum Gasteiger partial charge on any atom is 0.341 e. The zero-order valence-corrected chi connectivity index (χ0v) is 10.7. The molecule has 2 N–H and O–H groups in total. The number of aliphatic carboxylic acids is 1. The number of nitrogens with one attached hydrogen (secondary N) is 1. The summed E-state index contributed by atoms with van der Waals surface area (Å²) in [7, 11) is 1.72. The Hall–Kier alpha value is -2.83. The Balaban J connectivity index is 2.04. The molecule has 0 bridgehead atoms. The summed E-state index contributed by atoms with van der Waals surface area (Å²) in [6, 6.07) is 6.51. The van der Waals surface area contributed by atoms with E-state index in [1.807, 2.05) is 0 Å². The van der Waals surface area contributed by atoms with Gasteiger partial charge in [0.25, 0.3) is 5.91 Å². The van der Waals surface area contributed by atoms with Crippen molar-refractivity contribution in [3.05, 3.63) is 42.2 Å². The molecule has 0 aliphatic carbocycles. The molecule has 0 unspecified atom stereocenters. The molecule has 0 atom stereocenters. The zero-order chi connectivity index (χ0) is 14.5. The van der Waals surface area contributed by atoms with Crippen LogP contribution in [0, 0.1) is 0 Å². The number of hydrogen-bond donors (Lipinski definition) is 2. The van der Waals surface area contributed by atoms with E-state index in [1.54, 1.807) is 37.5 Å². The maximum absolute atomic E-state index is 11.9. The van der Waals surface area contributed by atoms with Crippen molar-refractivity contribution >= 4 is 17.6 Å². The Labute approximate surface area is 114 Å². The quantitative estimate of drug-likeness (QED) is 0.853. The molecule has 2 rings (SSSR count). The molecule has 0 saturated carbocycles. The fraction of sp³-hybridized carbons (Fsp3) is 0.154. The van der Waals surface area contributed by atoms with Gasteiger partial charge in [-0.3, -0.25) is 9.48 Å².